The van der Waals surface area contributed by atoms with E-state index in [1.54, 1.807) is 0 Å². The molecule has 74 valence electrons. The number of allylic oxidation sites excluding steroid dienone is 2. The van der Waals surface area contributed by atoms with Crippen molar-refractivity contribution in [2.75, 3.05) is 0 Å². The van der Waals surface area contributed by atoms with Gasteiger partial charge in [-0.15, -0.1) is 0 Å². The van der Waals surface area contributed by atoms with E-state index in [2.05, 4.69) is 6.92 Å². The highest BCUT2D eigenvalue weighted by atomic mass is 16.5. The first kappa shape index (κ1) is 10.6. The molecule has 3 heteroatoms. The number of rotatable bonds is 0. The molecular weight excluding hydrogens is 176 g/mol. The Labute approximate surface area is 84.6 Å². The van der Waals surface area contributed by atoms with E-state index in [1.165, 1.54) is 0 Å². The first-order valence-electron chi connectivity index (χ1n) is 4.67. The lowest BCUT2D eigenvalue weighted by Gasteiger charge is -2.22. The Kier molecular flexibility index (Phi) is 2.53. The lowest BCUT2D eigenvalue weighted by molar-refractivity contribution is 0.0467. The highest BCUT2D eigenvalue weighted by molar-refractivity contribution is 5.40. The quantitative estimate of drug-likeness (QED) is 0.551. The van der Waals surface area contributed by atoms with E-state index in [0.717, 1.165) is 0 Å². The number of hydrogen-bond acceptors (Lipinski definition) is 3. The molecule has 1 heterocycles. The fourth-order valence-corrected chi connectivity index (χ4v) is 1.71. The van der Waals surface area contributed by atoms with E-state index in [1.807, 2.05) is 32.9 Å². The molecule has 0 amide bonds. The van der Waals surface area contributed by atoms with Gasteiger partial charge in [-0.05, 0) is 13.8 Å². The molecule has 0 spiro atoms. The second kappa shape index (κ2) is 3.35. The normalized spacial score (nSPS) is 28.9. The summed E-state index contributed by atoms with van der Waals surface area (Å²) < 4.78 is 5.65. The van der Waals surface area contributed by atoms with Crippen molar-refractivity contribution in [2.45, 2.75) is 33.3 Å². The van der Waals surface area contributed by atoms with Crippen LogP contribution < -0.4 is 0 Å². The van der Waals surface area contributed by atoms with Gasteiger partial charge in [0.15, 0.2) is 5.57 Å². The fraction of sp³-hybridized carbons (Fsp3) is 0.636. The van der Waals surface area contributed by atoms with Crippen LogP contribution in [0.2, 0.25) is 0 Å². The summed E-state index contributed by atoms with van der Waals surface area (Å²) >= 11 is 0. The zero-order valence-electron chi connectivity index (χ0n) is 8.96. The molecule has 1 aliphatic rings. The third-order valence-corrected chi connectivity index (χ3v) is 3.10. The van der Waals surface area contributed by atoms with E-state index < -0.39 is 0 Å². The van der Waals surface area contributed by atoms with E-state index in [9.17, 15) is 0 Å². The zero-order valence-corrected chi connectivity index (χ0v) is 8.96. The molecule has 2 atom stereocenters. The summed E-state index contributed by atoms with van der Waals surface area (Å²) in [6, 6.07) is 3.75. The molecule has 0 aliphatic carbocycles. The van der Waals surface area contributed by atoms with E-state index in [0.29, 0.717) is 11.7 Å². The Morgan fingerprint density at radius 2 is 1.79 bits per heavy atom. The summed E-state index contributed by atoms with van der Waals surface area (Å²) in [5.41, 5.74) is -0.178. The second-order valence-electron chi connectivity index (χ2n) is 4.25. The van der Waals surface area contributed by atoms with Crippen LogP contribution in [0.5, 0.6) is 0 Å². The van der Waals surface area contributed by atoms with Gasteiger partial charge in [0.05, 0.1) is 0 Å². The van der Waals surface area contributed by atoms with Crippen LogP contribution >= 0.6 is 0 Å². The molecule has 0 aromatic rings. The molecule has 1 aliphatic heterocycles. The molecule has 14 heavy (non-hydrogen) atoms. The molecule has 0 saturated carbocycles. The van der Waals surface area contributed by atoms with Crippen molar-refractivity contribution in [3.8, 4) is 12.1 Å². The van der Waals surface area contributed by atoms with Crippen LogP contribution in [0.15, 0.2) is 11.3 Å². The van der Waals surface area contributed by atoms with E-state index >= 15 is 0 Å². The minimum absolute atomic E-state index is 0.106. The maximum absolute atomic E-state index is 8.75. The Hall–Kier alpha value is -1.48. The Bertz CT molecular complexity index is 338. The van der Waals surface area contributed by atoms with Crippen molar-refractivity contribution >= 4 is 0 Å². The maximum atomic E-state index is 8.75. The van der Waals surface area contributed by atoms with Gasteiger partial charge in [-0.1, -0.05) is 13.8 Å². The van der Waals surface area contributed by atoms with Gasteiger partial charge < -0.3 is 4.74 Å². The smallest absolute Gasteiger partial charge is 0.167 e. The summed E-state index contributed by atoms with van der Waals surface area (Å²) in [6.45, 7) is 8.02. The highest BCUT2D eigenvalue weighted by Gasteiger charge is 2.43. The lowest BCUT2D eigenvalue weighted by Crippen LogP contribution is -2.26. The second-order valence-corrected chi connectivity index (χ2v) is 4.25. The van der Waals surface area contributed by atoms with Crippen molar-refractivity contribution < 1.29 is 4.74 Å². The number of nitriles is 2. The van der Waals surface area contributed by atoms with Crippen LogP contribution in [0.25, 0.3) is 0 Å². The predicted molar refractivity (Wildman–Crippen MR) is 51.7 cm³/mol. The minimum Gasteiger partial charge on any atom is -0.489 e. The molecule has 0 N–H and O–H groups in total. The first-order valence-corrected chi connectivity index (χ1v) is 4.67. The third-order valence-electron chi connectivity index (χ3n) is 3.10. The minimum atomic E-state index is -0.284. The van der Waals surface area contributed by atoms with Gasteiger partial charge >= 0.3 is 0 Å². The average molecular weight is 190 g/mol. The molecular formula is C11H14N2O. The van der Waals surface area contributed by atoms with Crippen molar-refractivity contribution in [3.63, 3.8) is 0 Å². The summed E-state index contributed by atoms with van der Waals surface area (Å²) in [5, 5.41) is 17.5. The van der Waals surface area contributed by atoms with Gasteiger partial charge in [-0.2, -0.15) is 10.5 Å². The topological polar surface area (TPSA) is 56.8 Å². The summed E-state index contributed by atoms with van der Waals surface area (Å²) in [7, 11) is 0. The third kappa shape index (κ3) is 1.46. The molecule has 0 aromatic heterocycles. The SMILES string of the molecule is CC1C(=C(C#N)C#N)OC(C)(C)[C@@H]1C. The Balaban J connectivity index is 3.16. The standard InChI is InChI=1S/C11H14N2O/c1-7-8(2)11(3,4)14-10(7)9(5-12)6-13/h7-8H,1-4H3/t7?,8-/m1/s1. The molecule has 3 nitrogen and oxygen atoms in total. The lowest BCUT2D eigenvalue weighted by atomic mass is 9.85. The largest absolute Gasteiger partial charge is 0.489 e. The molecule has 0 bridgehead atoms. The van der Waals surface area contributed by atoms with Crippen LogP contribution in [0.3, 0.4) is 0 Å². The van der Waals surface area contributed by atoms with Crippen LogP contribution in [0, 0.1) is 34.5 Å². The predicted octanol–water partition coefficient (Wildman–Crippen LogP) is 2.37. The number of ether oxygens (including phenoxy) is 1. The summed E-state index contributed by atoms with van der Waals surface area (Å²) in [4.78, 5) is 0. The number of nitrogens with zero attached hydrogens (tertiary/aromatic N) is 2. The summed E-state index contributed by atoms with van der Waals surface area (Å²) in [5.74, 6) is 1.00. The van der Waals surface area contributed by atoms with Gasteiger partial charge in [-0.3, -0.25) is 0 Å². The van der Waals surface area contributed by atoms with Crippen molar-refractivity contribution in [3.05, 3.63) is 11.3 Å². The van der Waals surface area contributed by atoms with Gasteiger partial charge in [0, 0.05) is 11.8 Å². The molecule has 1 saturated heterocycles. The van der Waals surface area contributed by atoms with E-state index in [4.69, 9.17) is 15.3 Å². The molecule has 1 unspecified atom stereocenters. The summed E-state index contributed by atoms with van der Waals surface area (Å²) in [6.07, 6.45) is 0. The highest BCUT2D eigenvalue weighted by Crippen LogP contribution is 2.43. The fourth-order valence-electron chi connectivity index (χ4n) is 1.71. The van der Waals surface area contributed by atoms with Crippen LogP contribution in [0.4, 0.5) is 0 Å². The Morgan fingerprint density at radius 1 is 1.29 bits per heavy atom. The van der Waals surface area contributed by atoms with Crippen LogP contribution in [-0.2, 0) is 4.74 Å². The van der Waals surface area contributed by atoms with Crippen LogP contribution in [0.1, 0.15) is 27.7 Å². The molecule has 0 aromatic carbocycles. The van der Waals surface area contributed by atoms with Crippen LogP contribution in [-0.4, -0.2) is 5.60 Å². The van der Waals surface area contributed by atoms with E-state index in [-0.39, 0.29) is 17.1 Å². The zero-order chi connectivity index (χ0) is 10.9. The van der Waals surface area contributed by atoms with Gasteiger partial charge in [-0.25, -0.2) is 0 Å². The monoisotopic (exact) mass is 190 g/mol. The number of hydrogen-bond donors (Lipinski definition) is 0. The van der Waals surface area contributed by atoms with Crippen molar-refractivity contribution in [2.24, 2.45) is 11.8 Å². The van der Waals surface area contributed by atoms with Crippen molar-refractivity contribution in [1.82, 2.24) is 0 Å². The first-order chi connectivity index (χ1) is 6.44. The van der Waals surface area contributed by atoms with Crippen molar-refractivity contribution in [1.29, 1.82) is 10.5 Å². The van der Waals surface area contributed by atoms with Gasteiger partial charge in [0.1, 0.15) is 23.5 Å². The molecule has 1 rings (SSSR count). The van der Waals surface area contributed by atoms with Gasteiger partial charge in [0.25, 0.3) is 0 Å². The average Bonchev–Trinajstić information content (AvgIpc) is 2.33. The Morgan fingerprint density at radius 3 is 2.07 bits per heavy atom. The maximum Gasteiger partial charge on any atom is 0.167 e. The molecule has 0 radical (unpaired) electrons. The molecule has 1 fully saturated rings. The van der Waals surface area contributed by atoms with Gasteiger partial charge in [0.2, 0.25) is 0 Å².